The van der Waals surface area contributed by atoms with Gasteiger partial charge in [0, 0.05) is 6.42 Å². The Balaban J connectivity index is 2.20. The van der Waals surface area contributed by atoms with Gasteiger partial charge in [0.15, 0.2) is 0 Å². The first-order valence-corrected chi connectivity index (χ1v) is 5.84. The van der Waals surface area contributed by atoms with E-state index in [-0.39, 0.29) is 5.91 Å². The molecule has 0 atom stereocenters. The third kappa shape index (κ3) is 2.54. The molecule has 1 aliphatic heterocycles. The molecule has 0 saturated carbocycles. The van der Waals surface area contributed by atoms with Gasteiger partial charge in [0.25, 0.3) is 5.91 Å². The van der Waals surface area contributed by atoms with Crippen LogP contribution in [0.2, 0.25) is 0 Å². The first-order chi connectivity index (χ1) is 7.87. The standard InChI is InChI=1S/C14H18N2O/c1-9-5-10(2)7-11(6-9)8-12-15-13(17)14(3,4)16-12/h5-7H,8H2,1-4H3,(H,15,16,17). The Bertz CT molecular complexity index is 481. The lowest BCUT2D eigenvalue weighted by atomic mass is 10.0. The predicted octanol–water partition coefficient (Wildman–Crippen LogP) is 2.15. The van der Waals surface area contributed by atoms with Gasteiger partial charge in [-0.15, -0.1) is 0 Å². The van der Waals surface area contributed by atoms with Gasteiger partial charge in [-0.05, 0) is 33.3 Å². The summed E-state index contributed by atoms with van der Waals surface area (Å²) in [5.74, 6) is 0.752. The van der Waals surface area contributed by atoms with Gasteiger partial charge >= 0.3 is 0 Å². The van der Waals surface area contributed by atoms with Crippen LogP contribution in [0.25, 0.3) is 0 Å². The van der Waals surface area contributed by atoms with Crippen molar-refractivity contribution in [1.29, 1.82) is 0 Å². The minimum absolute atomic E-state index is 0.0168. The number of rotatable bonds is 2. The highest BCUT2D eigenvalue weighted by molar-refractivity contribution is 6.08. The molecule has 1 amide bonds. The summed E-state index contributed by atoms with van der Waals surface area (Å²) in [7, 11) is 0. The smallest absolute Gasteiger partial charge is 0.252 e. The molecule has 1 aromatic carbocycles. The number of nitrogens with zero attached hydrogens (tertiary/aromatic N) is 1. The van der Waals surface area contributed by atoms with Crippen molar-refractivity contribution < 1.29 is 4.79 Å². The average molecular weight is 230 g/mol. The van der Waals surface area contributed by atoms with Crippen molar-refractivity contribution in [3.63, 3.8) is 0 Å². The number of nitrogens with one attached hydrogen (secondary N) is 1. The Labute approximate surface area is 102 Å². The molecular weight excluding hydrogens is 212 g/mol. The topological polar surface area (TPSA) is 41.5 Å². The van der Waals surface area contributed by atoms with Crippen molar-refractivity contribution in [1.82, 2.24) is 5.32 Å². The van der Waals surface area contributed by atoms with E-state index in [4.69, 9.17) is 0 Å². The molecule has 90 valence electrons. The normalized spacial score (nSPS) is 17.9. The fraction of sp³-hybridized carbons (Fsp3) is 0.429. The van der Waals surface area contributed by atoms with Crippen LogP contribution in [0.1, 0.15) is 30.5 Å². The number of aliphatic imine (C=N–C) groups is 1. The fourth-order valence-electron chi connectivity index (χ4n) is 2.15. The number of hydrogen-bond donors (Lipinski definition) is 1. The largest absolute Gasteiger partial charge is 0.312 e. The molecule has 0 fully saturated rings. The Morgan fingerprint density at radius 1 is 1.18 bits per heavy atom. The minimum Gasteiger partial charge on any atom is -0.312 e. The molecule has 0 aromatic heterocycles. The second-order valence-electron chi connectivity index (χ2n) is 5.24. The zero-order valence-electron chi connectivity index (χ0n) is 10.8. The Morgan fingerprint density at radius 2 is 1.76 bits per heavy atom. The maximum Gasteiger partial charge on any atom is 0.252 e. The number of carbonyl (C=O) groups excluding carboxylic acids is 1. The summed E-state index contributed by atoms with van der Waals surface area (Å²) in [5.41, 5.74) is 3.06. The maximum absolute atomic E-state index is 11.6. The summed E-state index contributed by atoms with van der Waals surface area (Å²) >= 11 is 0. The second-order valence-corrected chi connectivity index (χ2v) is 5.24. The quantitative estimate of drug-likeness (QED) is 0.831. The van der Waals surface area contributed by atoms with Crippen LogP contribution < -0.4 is 5.32 Å². The van der Waals surface area contributed by atoms with Crippen molar-refractivity contribution in [3.05, 3.63) is 34.9 Å². The fourth-order valence-corrected chi connectivity index (χ4v) is 2.15. The number of amidine groups is 1. The van der Waals surface area contributed by atoms with E-state index >= 15 is 0 Å². The van der Waals surface area contributed by atoms with Gasteiger partial charge in [-0.1, -0.05) is 29.3 Å². The molecule has 0 aliphatic carbocycles. The van der Waals surface area contributed by atoms with Crippen molar-refractivity contribution >= 4 is 11.7 Å². The van der Waals surface area contributed by atoms with E-state index in [1.807, 2.05) is 13.8 Å². The highest BCUT2D eigenvalue weighted by atomic mass is 16.2. The molecule has 0 spiro atoms. The van der Waals surface area contributed by atoms with Crippen LogP contribution >= 0.6 is 0 Å². The summed E-state index contributed by atoms with van der Waals surface area (Å²) in [6, 6.07) is 6.41. The van der Waals surface area contributed by atoms with E-state index in [9.17, 15) is 4.79 Å². The van der Waals surface area contributed by atoms with Gasteiger partial charge in [-0.25, -0.2) is 0 Å². The van der Waals surface area contributed by atoms with E-state index in [1.54, 1.807) is 0 Å². The summed E-state index contributed by atoms with van der Waals surface area (Å²) in [6.45, 7) is 7.82. The van der Waals surface area contributed by atoms with E-state index in [2.05, 4.69) is 42.4 Å². The Hall–Kier alpha value is -1.64. The zero-order valence-corrected chi connectivity index (χ0v) is 10.8. The summed E-state index contributed by atoms with van der Waals surface area (Å²) in [6.07, 6.45) is 0.692. The highest BCUT2D eigenvalue weighted by Gasteiger charge is 2.33. The first kappa shape index (κ1) is 11.8. The van der Waals surface area contributed by atoms with E-state index in [1.165, 1.54) is 16.7 Å². The van der Waals surface area contributed by atoms with Crippen molar-refractivity contribution in [2.45, 2.75) is 39.7 Å². The van der Waals surface area contributed by atoms with Crippen LogP contribution in [0.4, 0.5) is 0 Å². The van der Waals surface area contributed by atoms with Crippen LogP contribution in [0.15, 0.2) is 23.2 Å². The summed E-state index contributed by atoms with van der Waals surface area (Å²) in [5, 5.41) is 2.84. The Morgan fingerprint density at radius 3 is 2.24 bits per heavy atom. The molecule has 1 N–H and O–H groups in total. The van der Waals surface area contributed by atoms with Gasteiger partial charge < -0.3 is 5.32 Å². The molecule has 0 unspecified atom stereocenters. The lowest BCUT2D eigenvalue weighted by Crippen LogP contribution is -2.34. The van der Waals surface area contributed by atoms with E-state index in [0.29, 0.717) is 6.42 Å². The number of aryl methyl sites for hydroxylation is 2. The van der Waals surface area contributed by atoms with Crippen LogP contribution in [-0.4, -0.2) is 17.3 Å². The number of carbonyl (C=O) groups is 1. The monoisotopic (exact) mass is 230 g/mol. The van der Waals surface area contributed by atoms with Crippen molar-refractivity contribution in [2.75, 3.05) is 0 Å². The molecule has 0 saturated heterocycles. The molecule has 2 rings (SSSR count). The molecule has 0 radical (unpaired) electrons. The van der Waals surface area contributed by atoms with Crippen molar-refractivity contribution in [2.24, 2.45) is 4.99 Å². The average Bonchev–Trinajstić information content (AvgIpc) is 2.37. The van der Waals surface area contributed by atoms with Crippen LogP contribution in [-0.2, 0) is 11.2 Å². The molecule has 17 heavy (non-hydrogen) atoms. The lowest BCUT2D eigenvalue weighted by Gasteiger charge is -2.07. The molecular formula is C14H18N2O. The van der Waals surface area contributed by atoms with Gasteiger partial charge in [0.2, 0.25) is 0 Å². The van der Waals surface area contributed by atoms with Crippen molar-refractivity contribution in [3.8, 4) is 0 Å². The van der Waals surface area contributed by atoms with Crippen LogP contribution in [0, 0.1) is 13.8 Å². The van der Waals surface area contributed by atoms with Gasteiger partial charge in [0.05, 0.1) is 0 Å². The Kier molecular flexibility index (Phi) is 2.77. The molecule has 3 heteroatoms. The van der Waals surface area contributed by atoms with E-state index < -0.39 is 5.54 Å². The number of amides is 1. The molecule has 1 aliphatic rings. The van der Waals surface area contributed by atoms with E-state index in [0.717, 1.165) is 5.84 Å². The number of benzene rings is 1. The molecule has 3 nitrogen and oxygen atoms in total. The van der Waals surface area contributed by atoms with Crippen LogP contribution in [0.3, 0.4) is 0 Å². The van der Waals surface area contributed by atoms with Crippen LogP contribution in [0.5, 0.6) is 0 Å². The third-order valence-corrected chi connectivity index (χ3v) is 2.88. The highest BCUT2D eigenvalue weighted by Crippen LogP contribution is 2.17. The predicted molar refractivity (Wildman–Crippen MR) is 69.3 cm³/mol. The first-order valence-electron chi connectivity index (χ1n) is 5.84. The minimum atomic E-state index is -0.617. The lowest BCUT2D eigenvalue weighted by molar-refractivity contribution is -0.122. The zero-order chi connectivity index (χ0) is 12.6. The SMILES string of the molecule is Cc1cc(C)cc(CC2=NC(C)(C)C(=O)N2)c1. The summed E-state index contributed by atoms with van der Waals surface area (Å²) < 4.78 is 0. The maximum atomic E-state index is 11.6. The third-order valence-electron chi connectivity index (χ3n) is 2.88. The molecule has 1 aromatic rings. The van der Waals surface area contributed by atoms with Gasteiger partial charge in [0.1, 0.15) is 11.4 Å². The van der Waals surface area contributed by atoms with Gasteiger partial charge in [-0.2, -0.15) is 0 Å². The van der Waals surface area contributed by atoms with Gasteiger partial charge in [-0.3, -0.25) is 9.79 Å². The summed E-state index contributed by atoms with van der Waals surface area (Å²) in [4.78, 5) is 16.0. The molecule has 1 heterocycles. The second kappa shape index (κ2) is 3.99. The molecule has 0 bridgehead atoms. The number of hydrogen-bond acceptors (Lipinski definition) is 2.